The molecule has 1 rings (SSSR count). The van der Waals surface area contributed by atoms with E-state index in [-0.39, 0.29) is 33.1 Å². The molecule has 70 valence electrons. The molecular weight excluding hydrogens is 327 g/mol. The maximum absolute atomic E-state index is 9.08. The molecule has 0 saturated heterocycles. The van der Waals surface area contributed by atoms with Gasteiger partial charge in [-0.3, -0.25) is 0 Å². The summed E-state index contributed by atoms with van der Waals surface area (Å²) in [6.07, 6.45) is -0.561. The SMILES string of the molecule is NC1CC(O)C(O)CC1N.[Pt]. The van der Waals surface area contributed by atoms with Crippen molar-refractivity contribution in [1.29, 1.82) is 0 Å². The van der Waals surface area contributed by atoms with E-state index in [4.69, 9.17) is 21.7 Å². The molecular formula is C6H14N2O2Pt. The van der Waals surface area contributed by atoms with Gasteiger partial charge in [-0.1, -0.05) is 0 Å². The maximum atomic E-state index is 9.08. The molecule has 0 radical (unpaired) electrons. The van der Waals surface area contributed by atoms with E-state index in [9.17, 15) is 0 Å². The molecule has 1 saturated carbocycles. The van der Waals surface area contributed by atoms with Gasteiger partial charge < -0.3 is 21.7 Å². The zero-order valence-electron chi connectivity index (χ0n) is 6.09. The molecule has 0 amide bonds. The normalized spacial score (nSPS) is 44.7. The molecule has 1 fully saturated rings. The van der Waals surface area contributed by atoms with Crippen LogP contribution in [0.2, 0.25) is 0 Å². The molecule has 0 aliphatic heterocycles. The van der Waals surface area contributed by atoms with E-state index in [1.165, 1.54) is 0 Å². The molecule has 6 N–H and O–H groups in total. The van der Waals surface area contributed by atoms with E-state index in [1.807, 2.05) is 0 Å². The van der Waals surface area contributed by atoms with E-state index in [1.54, 1.807) is 0 Å². The van der Waals surface area contributed by atoms with Gasteiger partial charge in [-0.25, -0.2) is 0 Å². The van der Waals surface area contributed by atoms with Gasteiger partial charge in [0.1, 0.15) is 0 Å². The molecule has 0 aromatic carbocycles. The maximum Gasteiger partial charge on any atom is 0.0815 e. The average molecular weight is 341 g/mol. The Morgan fingerprint density at radius 3 is 1.45 bits per heavy atom. The Hall–Kier alpha value is 0.528. The summed E-state index contributed by atoms with van der Waals surface area (Å²) in [7, 11) is 0. The molecule has 1 aliphatic rings. The molecule has 11 heavy (non-hydrogen) atoms. The summed E-state index contributed by atoms with van der Waals surface area (Å²) in [5, 5.41) is 18.2. The standard InChI is InChI=1S/C6H14N2O2.Pt/c7-3-1-5(9)6(10)2-4(3)8;/h3-6,9-10H,1-2,7-8H2;. The van der Waals surface area contributed by atoms with E-state index in [0.717, 1.165) is 0 Å². The fraction of sp³-hybridized carbons (Fsp3) is 1.00. The number of aliphatic hydroxyl groups excluding tert-OH is 2. The summed E-state index contributed by atoms with van der Waals surface area (Å²) in [6, 6.07) is -0.336. The van der Waals surface area contributed by atoms with Crippen LogP contribution in [0.15, 0.2) is 0 Å². The van der Waals surface area contributed by atoms with Gasteiger partial charge in [-0.05, 0) is 12.8 Å². The summed E-state index contributed by atoms with van der Waals surface area (Å²) in [6.45, 7) is 0. The number of hydrogen-bond donors (Lipinski definition) is 4. The first-order valence-corrected chi connectivity index (χ1v) is 3.48. The monoisotopic (exact) mass is 341 g/mol. The quantitative estimate of drug-likeness (QED) is 0.416. The summed E-state index contributed by atoms with van der Waals surface area (Å²) in [4.78, 5) is 0. The average Bonchev–Trinajstić information content (AvgIpc) is 1.84. The zero-order chi connectivity index (χ0) is 7.72. The van der Waals surface area contributed by atoms with Crippen molar-refractivity contribution in [1.82, 2.24) is 0 Å². The van der Waals surface area contributed by atoms with Crippen molar-refractivity contribution in [2.75, 3.05) is 0 Å². The van der Waals surface area contributed by atoms with Gasteiger partial charge in [0, 0.05) is 33.1 Å². The molecule has 0 heterocycles. The molecule has 4 nitrogen and oxygen atoms in total. The first kappa shape index (κ1) is 11.5. The van der Waals surface area contributed by atoms with Gasteiger partial charge in [-0.2, -0.15) is 0 Å². The summed E-state index contributed by atoms with van der Waals surface area (Å²) >= 11 is 0. The van der Waals surface area contributed by atoms with Crippen LogP contribution in [0.25, 0.3) is 0 Å². The molecule has 0 spiro atoms. The van der Waals surface area contributed by atoms with Crippen LogP contribution in [0.1, 0.15) is 12.8 Å². The Morgan fingerprint density at radius 2 is 1.18 bits per heavy atom. The minimum absolute atomic E-state index is 0. The molecule has 4 unspecified atom stereocenters. The third-order valence-electron chi connectivity index (χ3n) is 2.02. The first-order valence-electron chi connectivity index (χ1n) is 3.48. The Morgan fingerprint density at radius 1 is 0.909 bits per heavy atom. The van der Waals surface area contributed by atoms with E-state index >= 15 is 0 Å². The van der Waals surface area contributed by atoms with Crippen LogP contribution in [-0.2, 0) is 21.1 Å². The summed E-state index contributed by atoms with van der Waals surface area (Å²) in [5.74, 6) is 0. The Bertz CT molecular complexity index is 99.1. The topological polar surface area (TPSA) is 92.5 Å². The third kappa shape index (κ3) is 2.80. The van der Waals surface area contributed by atoms with E-state index in [2.05, 4.69) is 0 Å². The van der Waals surface area contributed by atoms with Crippen LogP contribution in [0.3, 0.4) is 0 Å². The van der Waals surface area contributed by atoms with Gasteiger partial charge in [0.25, 0.3) is 0 Å². The fourth-order valence-electron chi connectivity index (χ4n) is 1.22. The molecule has 4 atom stereocenters. The number of rotatable bonds is 0. The van der Waals surface area contributed by atoms with Gasteiger partial charge >= 0.3 is 0 Å². The van der Waals surface area contributed by atoms with Crippen molar-refractivity contribution in [2.45, 2.75) is 37.1 Å². The zero-order valence-corrected chi connectivity index (χ0v) is 8.36. The third-order valence-corrected chi connectivity index (χ3v) is 2.02. The minimum atomic E-state index is -0.685. The minimum Gasteiger partial charge on any atom is -0.390 e. The second-order valence-electron chi connectivity index (χ2n) is 2.93. The van der Waals surface area contributed by atoms with Crippen LogP contribution in [-0.4, -0.2) is 34.5 Å². The van der Waals surface area contributed by atoms with Gasteiger partial charge in [0.2, 0.25) is 0 Å². The van der Waals surface area contributed by atoms with Crippen LogP contribution in [0, 0.1) is 0 Å². The van der Waals surface area contributed by atoms with Gasteiger partial charge in [0.05, 0.1) is 12.2 Å². The van der Waals surface area contributed by atoms with Crippen molar-refractivity contribution in [3.8, 4) is 0 Å². The van der Waals surface area contributed by atoms with E-state index in [0.29, 0.717) is 12.8 Å². The predicted octanol–water partition coefficient (Wildman–Crippen LogP) is -1.85. The summed E-state index contributed by atoms with van der Waals surface area (Å²) in [5.41, 5.74) is 11.1. The van der Waals surface area contributed by atoms with Crippen LogP contribution in [0.4, 0.5) is 0 Å². The van der Waals surface area contributed by atoms with Gasteiger partial charge in [0.15, 0.2) is 0 Å². The van der Waals surface area contributed by atoms with Gasteiger partial charge in [-0.15, -0.1) is 0 Å². The molecule has 0 aromatic rings. The molecule has 5 heteroatoms. The largest absolute Gasteiger partial charge is 0.390 e. The molecule has 0 aromatic heterocycles. The number of nitrogens with two attached hydrogens (primary N) is 2. The van der Waals surface area contributed by atoms with Crippen molar-refractivity contribution in [2.24, 2.45) is 11.5 Å². The Balaban J connectivity index is 0.000001000. The number of aliphatic hydroxyl groups is 2. The van der Waals surface area contributed by atoms with Crippen molar-refractivity contribution >= 4 is 0 Å². The number of hydrogen-bond acceptors (Lipinski definition) is 4. The summed E-state index contributed by atoms with van der Waals surface area (Å²) < 4.78 is 0. The smallest absolute Gasteiger partial charge is 0.0815 e. The van der Waals surface area contributed by atoms with Crippen molar-refractivity contribution in [3.05, 3.63) is 0 Å². The Kier molecular flexibility index (Phi) is 4.75. The van der Waals surface area contributed by atoms with Crippen molar-refractivity contribution in [3.63, 3.8) is 0 Å². The molecule has 0 bridgehead atoms. The van der Waals surface area contributed by atoms with E-state index < -0.39 is 12.2 Å². The Labute approximate surface area is 80.2 Å². The van der Waals surface area contributed by atoms with Crippen LogP contribution >= 0.6 is 0 Å². The first-order chi connectivity index (χ1) is 4.61. The van der Waals surface area contributed by atoms with Crippen LogP contribution < -0.4 is 11.5 Å². The second-order valence-corrected chi connectivity index (χ2v) is 2.93. The van der Waals surface area contributed by atoms with Crippen LogP contribution in [0.5, 0.6) is 0 Å². The predicted molar refractivity (Wildman–Crippen MR) is 37.2 cm³/mol. The molecule has 1 aliphatic carbocycles. The fourth-order valence-corrected chi connectivity index (χ4v) is 1.22. The second kappa shape index (κ2) is 4.53. The van der Waals surface area contributed by atoms with Crippen molar-refractivity contribution < 1.29 is 31.3 Å².